The van der Waals surface area contributed by atoms with Crippen molar-refractivity contribution in [1.29, 1.82) is 0 Å². The number of benzene rings is 1. The molecule has 17 heavy (non-hydrogen) atoms. The van der Waals surface area contributed by atoms with Crippen molar-refractivity contribution in [1.82, 2.24) is 0 Å². The monoisotopic (exact) mass is 257 g/mol. The lowest BCUT2D eigenvalue weighted by Crippen LogP contribution is -2.31. The van der Waals surface area contributed by atoms with Crippen LogP contribution in [0.15, 0.2) is 24.3 Å². The Labute approximate surface area is 104 Å². The zero-order chi connectivity index (χ0) is 12.8. The second-order valence-corrected chi connectivity index (χ2v) is 4.55. The molecule has 0 fully saturated rings. The van der Waals surface area contributed by atoms with E-state index in [1.807, 2.05) is 6.92 Å². The zero-order valence-corrected chi connectivity index (χ0v) is 10.4. The summed E-state index contributed by atoms with van der Waals surface area (Å²) in [7, 11) is -1.52. The highest BCUT2D eigenvalue weighted by atomic mass is 32.2. The quantitative estimate of drug-likeness (QED) is 0.499. The number of nitrogens with zero attached hydrogens (tertiary/aromatic N) is 1. The first kappa shape index (κ1) is 14.2. The van der Waals surface area contributed by atoms with Gasteiger partial charge in [0.25, 0.3) is 11.3 Å². The van der Waals surface area contributed by atoms with Crippen LogP contribution < -0.4 is 9.77 Å². The van der Waals surface area contributed by atoms with Crippen molar-refractivity contribution in [3.8, 4) is 0 Å². The predicted octanol–water partition coefficient (Wildman–Crippen LogP) is 0.110. The summed E-state index contributed by atoms with van der Waals surface area (Å²) >= 11 is -2.06. The third-order valence-corrected chi connectivity index (χ3v) is 3.15. The van der Waals surface area contributed by atoms with Crippen LogP contribution in [-0.4, -0.2) is 32.5 Å². The van der Waals surface area contributed by atoms with Gasteiger partial charge in [-0.25, -0.2) is 4.21 Å². The van der Waals surface area contributed by atoms with Gasteiger partial charge in [0, 0.05) is 6.54 Å². The molecule has 0 aliphatic carbocycles. The maximum absolute atomic E-state index is 11.2. The number of hydrogen-bond acceptors (Lipinski definition) is 3. The van der Waals surface area contributed by atoms with Crippen LogP contribution in [0.25, 0.3) is 0 Å². The fourth-order valence-corrected chi connectivity index (χ4v) is 2.00. The molecule has 1 atom stereocenters. The van der Waals surface area contributed by atoms with Gasteiger partial charge in [0.05, 0.1) is 5.69 Å². The number of unbranched alkanes of at least 4 members (excludes halogenated alkanes) is 1. The van der Waals surface area contributed by atoms with Gasteiger partial charge in [0.15, 0.2) is 0 Å². The Hall–Kier alpha value is -0.885. The Morgan fingerprint density at radius 3 is 2.29 bits per heavy atom. The predicted molar refractivity (Wildman–Crippen MR) is 69.3 cm³/mol. The third kappa shape index (κ3) is 4.12. The lowest BCUT2D eigenvalue weighted by atomic mass is 9.80. The summed E-state index contributed by atoms with van der Waals surface area (Å²) in [6.45, 7) is 2.49. The molecule has 94 valence electrons. The van der Waals surface area contributed by atoms with Gasteiger partial charge in [-0.1, -0.05) is 25.5 Å². The molecule has 5 nitrogen and oxygen atoms in total. The summed E-state index contributed by atoms with van der Waals surface area (Å²) in [6, 6.07) is 6.23. The van der Waals surface area contributed by atoms with Crippen LogP contribution in [0.4, 0.5) is 5.69 Å². The smallest absolute Gasteiger partial charge is 0.423 e. The zero-order valence-electron chi connectivity index (χ0n) is 9.61. The molecule has 0 aliphatic rings. The van der Waals surface area contributed by atoms with Gasteiger partial charge >= 0.3 is 7.12 Å². The van der Waals surface area contributed by atoms with Crippen molar-refractivity contribution < 1.29 is 18.8 Å². The summed E-state index contributed by atoms with van der Waals surface area (Å²) in [4.78, 5) is 0. The maximum Gasteiger partial charge on any atom is 0.488 e. The van der Waals surface area contributed by atoms with Crippen LogP contribution in [0.2, 0.25) is 0 Å². The van der Waals surface area contributed by atoms with Crippen LogP contribution in [-0.2, 0) is 11.3 Å². The highest BCUT2D eigenvalue weighted by Gasteiger charge is 2.14. The molecule has 0 amide bonds. The highest BCUT2D eigenvalue weighted by Crippen LogP contribution is 2.14. The summed E-state index contributed by atoms with van der Waals surface area (Å²) in [5, 5.41) is 17.9. The fraction of sp³-hybridized carbons (Fsp3) is 0.400. The van der Waals surface area contributed by atoms with Crippen LogP contribution in [0.3, 0.4) is 0 Å². The average molecular weight is 257 g/mol. The summed E-state index contributed by atoms with van der Waals surface area (Å²) in [5.74, 6) is 0. The molecule has 0 saturated carbocycles. The van der Waals surface area contributed by atoms with E-state index in [1.165, 1.54) is 16.4 Å². The van der Waals surface area contributed by atoms with Gasteiger partial charge in [-0.15, -0.1) is 0 Å². The molecule has 0 aromatic heterocycles. The molecular formula is C10H16BNO4S. The largest absolute Gasteiger partial charge is 0.488 e. The van der Waals surface area contributed by atoms with Crippen molar-refractivity contribution in [3.05, 3.63) is 24.3 Å². The highest BCUT2D eigenvalue weighted by molar-refractivity contribution is 7.80. The first-order valence-electron chi connectivity index (χ1n) is 5.41. The van der Waals surface area contributed by atoms with E-state index < -0.39 is 18.4 Å². The second kappa shape index (κ2) is 6.75. The number of hydrogen-bond donors (Lipinski definition) is 3. The molecular weight excluding hydrogens is 241 g/mol. The van der Waals surface area contributed by atoms with Crippen molar-refractivity contribution in [2.75, 3.05) is 10.8 Å². The molecule has 1 unspecified atom stereocenters. The second-order valence-electron chi connectivity index (χ2n) is 3.65. The Morgan fingerprint density at radius 2 is 1.88 bits per heavy atom. The fourth-order valence-electron chi connectivity index (χ4n) is 1.41. The SMILES string of the molecule is CCCCN(c1ccc(B(O)O)cc1)S(=O)O. The Morgan fingerprint density at radius 1 is 1.29 bits per heavy atom. The normalized spacial score (nSPS) is 12.2. The van der Waals surface area contributed by atoms with Gasteiger partial charge < -0.3 is 10.0 Å². The van der Waals surface area contributed by atoms with Crippen LogP contribution in [0.5, 0.6) is 0 Å². The van der Waals surface area contributed by atoms with Crippen molar-refractivity contribution in [2.45, 2.75) is 19.8 Å². The van der Waals surface area contributed by atoms with Crippen LogP contribution in [0, 0.1) is 0 Å². The van der Waals surface area contributed by atoms with Gasteiger partial charge in [0.2, 0.25) is 0 Å². The maximum atomic E-state index is 11.2. The molecule has 3 N–H and O–H groups in total. The summed E-state index contributed by atoms with van der Waals surface area (Å²) < 4.78 is 21.7. The molecule has 0 bridgehead atoms. The lowest BCUT2D eigenvalue weighted by molar-refractivity contribution is 0.426. The van der Waals surface area contributed by atoms with Crippen molar-refractivity contribution in [3.63, 3.8) is 0 Å². The molecule has 0 spiro atoms. The van der Waals surface area contributed by atoms with Gasteiger partial charge in [0.1, 0.15) is 0 Å². The van der Waals surface area contributed by atoms with Crippen molar-refractivity contribution in [2.24, 2.45) is 0 Å². The van der Waals surface area contributed by atoms with E-state index in [2.05, 4.69) is 0 Å². The molecule has 1 aromatic rings. The molecule has 1 rings (SSSR count). The number of rotatable bonds is 6. The first-order valence-corrected chi connectivity index (χ1v) is 6.47. The minimum atomic E-state index is -2.06. The van der Waals surface area contributed by atoms with E-state index in [4.69, 9.17) is 10.0 Å². The Balaban J connectivity index is 2.83. The minimum Gasteiger partial charge on any atom is -0.423 e. The van der Waals surface area contributed by atoms with Crippen LogP contribution in [0.1, 0.15) is 19.8 Å². The van der Waals surface area contributed by atoms with Crippen LogP contribution >= 0.6 is 0 Å². The van der Waals surface area contributed by atoms with Gasteiger partial charge in [-0.2, -0.15) is 0 Å². The van der Waals surface area contributed by atoms with Crippen molar-refractivity contribution >= 4 is 29.5 Å². The molecule has 1 aromatic carbocycles. The first-order chi connectivity index (χ1) is 8.06. The lowest BCUT2D eigenvalue weighted by Gasteiger charge is -2.19. The standard InChI is InChI=1S/C10H16BNO4S/c1-2-3-8-12(17(15)16)10-6-4-9(5-7-10)11(13)14/h4-7,13-14H,2-3,8H2,1H3,(H,15,16). The van der Waals surface area contributed by atoms with E-state index in [0.29, 0.717) is 17.7 Å². The summed E-state index contributed by atoms with van der Waals surface area (Å²) in [5.41, 5.74) is 0.941. The van der Waals surface area contributed by atoms with E-state index in [0.717, 1.165) is 12.8 Å². The number of anilines is 1. The molecule has 7 heteroatoms. The molecule has 0 aliphatic heterocycles. The Bertz CT molecular complexity index is 371. The van der Waals surface area contributed by atoms with E-state index in [1.54, 1.807) is 12.1 Å². The molecule has 0 heterocycles. The summed E-state index contributed by atoms with van der Waals surface area (Å²) in [6.07, 6.45) is 1.75. The minimum absolute atomic E-state index is 0.355. The van der Waals surface area contributed by atoms with Gasteiger partial charge in [-0.3, -0.25) is 8.86 Å². The molecule has 0 radical (unpaired) electrons. The topological polar surface area (TPSA) is 81.0 Å². The van der Waals surface area contributed by atoms with E-state index >= 15 is 0 Å². The average Bonchev–Trinajstić information content (AvgIpc) is 2.29. The molecule has 0 saturated heterocycles. The van der Waals surface area contributed by atoms with E-state index in [9.17, 15) is 8.76 Å². The van der Waals surface area contributed by atoms with Gasteiger partial charge in [-0.05, 0) is 24.0 Å². The van der Waals surface area contributed by atoms with E-state index in [-0.39, 0.29) is 0 Å². The third-order valence-electron chi connectivity index (χ3n) is 2.38. The Kier molecular flexibility index (Phi) is 5.63.